The molecular weight excluding hydrogens is 231 g/mol. The van der Waals surface area contributed by atoms with Crippen molar-refractivity contribution in [1.82, 2.24) is 0 Å². The second-order valence-electron chi connectivity index (χ2n) is 4.21. The van der Waals surface area contributed by atoms with Crippen LogP contribution in [0.15, 0.2) is 6.07 Å². The van der Waals surface area contributed by atoms with E-state index in [0.29, 0.717) is 12.8 Å². The van der Waals surface area contributed by atoms with E-state index in [9.17, 15) is 14.3 Å². The molecule has 1 fully saturated rings. The Bertz CT molecular complexity index is 521. The van der Waals surface area contributed by atoms with Crippen LogP contribution in [0.3, 0.4) is 0 Å². The largest absolute Gasteiger partial charge is 0.504 e. The van der Waals surface area contributed by atoms with Crippen molar-refractivity contribution in [2.24, 2.45) is 0 Å². The molecule has 2 N–H and O–H groups in total. The number of phenols is 1. The first-order chi connectivity index (χ1) is 8.06. The predicted molar refractivity (Wildman–Crippen MR) is 52.7 cm³/mol. The first-order valence-electron chi connectivity index (χ1n) is 5.11. The Hall–Kier alpha value is -1.98. The number of carbonyl (C=O) groups is 1. The normalized spacial score (nSPS) is 19.1. The number of carboxylic acids is 1. The first-order valence-corrected chi connectivity index (χ1v) is 5.11. The molecule has 0 bridgehead atoms. The quantitative estimate of drug-likeness (QED) is 0.816. The van der Waals surface area contributed by atoms with E-state index in [-0.39, 0.29) is 23.9 Å². The van der Waals surface area contributed by atoms with Gasteiger partial charge in [0, 0.05) is 5.56 Å². The molecule has 1 aliphatic heterocycles. The number of benzene rings is 1. The zero-order chi connectivity index (χ0) is 12.2. The zero-order valence-corrected chi connectivity index (χ0v) is 8.70. The minimum absolute atomic E-state index is 0.0618. The second-order valence-corrected chi connectivity index (χ2v) is 4.21. The molecule has 6 heteroatoms. The maximum atomic E-state index is 13.7. The van der Waals surface area contributed by atoms with Crippen LogP contribution in [0, 0.1) is 5.82 Å². The summed E-state index contributed by atoms with van der Waals surface area (Å²) in [6, 6.07) is 1.35. The molecule has 0 atom stereocenters. The van der Waals surface area contributed by atoms with Gasteiger partial charge in [-0.1, -0.05) is 0 Å². The van der Waals surface area contributed by atoms with E-state index >= 15 is 0 Å². The van der Waals surface area contributed by atoms with Crippen LogP contribution in [0.2, 0.25) is 0 Å². The molecule has 2 aliphatic rings. The van der Waals surface area contributed by atoms with Crippen LogP contribution < -0.4 is 9.47 Å². The fourth-order valence-electron chi connectivity index (χ4n) is 2.08. The van der Waals surface area contributed by atoms with E-state index in [1.54, 1.807) is 0 Å². The standard InChI is InChI=1S/C11H9FO5/c12-7-8(13)5(11(1-2-11)10(14)15)3-6-9(7)17-4-16-6/h3,13H,1-2,4H2,(H,14,15). The van der Waals surface area contributed by atoms with E-state index in [1.807, 2.05) is 0 Å². The maximum Gasteiger partial charge on any atom is 0.314 e. The van der Waals surface area contributed by atoms with Crippen LogP contribution in [0.1, 0.15) is 18.4 Å². The predicted octanol–water partition coefficient (Wildman–Crippen LogP) is 1.38. The highest BCUT2D eigenvalue weighted by atomic mass is 19.1. The third kappa shape index (κ3) is 1.20. The minimum atomic E-state index is -1.17. The van der Waals surface area contributed by atoms with Gasteiger partial charge in [0.15, 0.2) is 11.5 Å². The lowest BCUT2D eigenvalue weighted by atomic mass is 9.94. The third-order valence-electron chi connectivity index (χ3n) is 3.25. The van der Waals surface area contributed by atoms with Crippen LogP contribution in [-0.4, -0.2) is 23.0 Å². The van der Waals surface area contributed by atoms with Gasteiger partial charge in [-0.15, -0.1) is 0 Å². The molecule has 0 amide bonds. The van der Waals surface area contributed by atoms with Gasteiger partial charge in [-0.3, -0.25) is 4.79 Å². The van der Waals surface area contributed by atoms with Gasteiger partial charge in [-0.2, -0.15) is 4.39 Å². The molecule has 0 aromatic heterocycles. The van der Waals surface area contributed by atoms with Gasteiger partial charge in [0.2, 0.25) is 18.4 Å². The summed E-state index contributed by atoms with van der Waals surface area (Å²) in [4.78, 5) is 11.1. The lowest BCUT2D eigenvalue weighted by Crippen LogP contribution is -2.19. The Morgan fingerprint density at radius 1 is 1.41 bits per heavy atom. The lowest BCUT2D eigenvalue weighted by Gasteiger charge is -2.13. The molecule has 0 unspecified atom stereocenters. The van der Waals surface area contributed by atoms with Crippen molar-refractivity contribution in [3.63, 3.8) is 0 Å². The van der Waals surface area contributed by atoms with Crippen LogP contribution in [-0.2, 0) is 10.2 Å². The Kier molecular flexibility index (Phi) is 1.81. The van der Waals surface area contributed by atoms with Crippen molar-refractivity contribution < 1.29 is 28.9 Å². The Balaban J connectivity index is 2.19. The van der Waals surface area contributed by atoms with Crippen molar-refractivity contribution in [3.8, 4) is 17.2 Å². The summed E-state index contributed by atoms with van der Waals surface area (Å²) < 4.78 is 23.6. The SMILES string of the molecule is O=C(O)C1(c2cc3c(c(F)c2O)OCO3)CC1. The Labute approximate surface area is 95.4 Å². The van der Waals surface area contributed by atoms with Gasteiger partial charge in [0.1, 0.15) is 0 Å². The fourth-order valence-corrected chi connectivity index (χ4v) is 2.08. The average Bonchev–Trinajstić information content (AvgIpc) is 2.97. The molecule has 0 radical (unpaired) electrons. The molecule has 5 nitrogen and oxygen atoms in total. The number of aromatic hydroxyl groups is 1. The number of hydrogen-bond acceptors (Lipinski definition) is 4. The molecule has 90 valence electrons. The number of phenolic OH excluding ortho intramolecular Hbond substituents is 1. The van der Waals surface area contributed by atoms with E-state index in [1.165, 1.54) is 6.07 Å². The van der Waals surface area contributed by atoms with E-state index in [0.717, 1.165) is 0 Å². The molecule has 1 aromatic carbocycles. The maximum absolute atomic E-state index is 13.7. The molecule has 1 heterocycles. The highest BCUT2D eigenvalue weighted by Crippen LogP contribution is 2.55. The summed E-state index contributed by atoms with van der Waals surface area (Å²) in [5.41, 5.74) is -1.11. The highest BCUT2D eigenvalue weighted by Gasteiger charge is 2.54. The van der Waals surface area contributed by atoms with Crippen molar-refractivity contribution >= 4 is 5.97 Å². The van der Waals surface area contributed by atoms with Gasteiger partial charge in [-0.25, -0.2) is 0 Å². The summed E-state index contributed by atoms with van der Waals surface area (Å²) in [5.74, 6) is -2.70. The van der Waals surface area contributed by atoms with Crippen molar-refractivity contribution in [2.75, 3.05) is 6.79 Å². The van der Waals surface area contributed by atoms with Gasteiger partial charge in [-0.05, 0) is 18.9 Å². The summed E-state index contributed by atoms with van der Waals surface area (Å²) in [5, 5.41) is 18.8. The third-order valence-corrected chi connectivity index (χ3v) is 3.25. The van der Waals surface area contributed by atoms with Gasteiger partial charge >= 0.3 is 5.97 Å². The van der Waals surface area contributed by atoms with Crippen LogP contribution in [0.25, 0.3) is 0 Å². The summed E-state index contributed by atoms with van der Waals surface area (Å²) >= 11 is 0. The molecule has 0 saturated heterocycles. The molecular formula is C11H9FO5. The summed E-state index contributed by atoms with van der Waals surface area (Å²) in [6.45, 7) is -0.130. The summed E-state index contributed by atoms with van der Waals surface area (Å²) in [6.07, 6.45) is 0.768. The van der Waals surface area contributed by atoms with Gasteiger partial charge < -0.3 is 19.7 Å². The van der Waals surface area contributed by atoms with E-state index < -0.39 is 23.0 Å². The molecule has 1 saturated carbocycles. The van der Waals surface area contributed by atoms with E-state index in [2.05, 4.69) is 0 Å². The van der Waals surface area contributed by atoms with Crippen molar-refractivity contribution in [2.45, 2.75) is 18.3 Å². The number of halogens is 1. The topological polar surface area (TPSA) is 76.0 Å². The minimum Gasteiger partial charge on any atom is -0.504 e. The number of fused-ring (bicyclic) bond motifs is 1. The zero-order valence-electron chi connectivity index (χ0n) is 8.70. The fraction of sp³-hybridized carbons (Fsp3) is 0.364. The van der Waals surface area contributed by atoms with Crippen LogP contribution >= 0.6 is 0 Å². The molecule has 0 spiro atoms. The molecule has 1 aliphatic carbocycles. The van der Waals surface area contributed by atoms with Gasteiger partial charge in [0.25, 0.3) is 0 Å². The van der Waals surface area contributed by atoms with Crippen molar-refractivity contribution in [1.29, 1.82) is 0 Å². The first kappa shape index (κ1) is 10.2. The molecule has 17 heavy (non-hydrogen) atoms. The van der Waals surface area contributed by atoms with Crippen molar-refractivity contribution in [3.05, 3.63) is 17.4 Å². The number of aliphatic carboxylic acids is 1. The average molecular weight is 240 g/mol. The molecule has 1 aromatic rings. The molecule has 3 rings (SSSR count). The number of hydrogen-bond donors (Lipinski definition) is 2. The Morgan fingerprint density at radius 3 is 2.71 bits per heavy atom. The number of rotatable bonds is 2. The smallest absolute Gasteiger partial charge is 0.314 e. The monoisotopic (exact) mass is 240 g/mol. The van der Waals surface area contributed by atoms with E-state index in [4.69, 9.17) is 14.6 Å². The number of ether oxygens (including phenoxy) is 2. The second kappa shape index (κ2) is 3.03. The van der Waals surface area contributed by atoms with Crippen LogP contribution in [0.4, 0.5) is 4.39 Å². The van der Waals surface area contributed by atoms with Gasteiger partial charge in [0.05, 0.1) is 5.41 Å². The summed E-state index contributed by atoms with van der Waals surface area (Å²) in [7, 11) is 0. The number of carboxylic acid groups (broad SMARTS) is 1. The Morgan fingerprint density at radius 2 is 2.12 bits per heavy atom. The highest BCUT2D eigenvalue weighted by molar-refractivity contribution is 5.86. The lowest BCUT2D eigenvalue weighted by molar-refractivity contribution is -0.140. The van der Waals surface area contributed by atoms with Crippen LogP contribution in [0.5, 0.6) is 17.2 Å².